The number of hydrogen-bond acceptors (Lipinski definition) is 3. The summed E-state index contributed by atoms with van der Waals surface area (Å²) in [5.41, 5.74) is 3.10. The van der Waals surface area contributed by atoms with Crippen LogP contribution in [-0.2, 0) is 11.2 Å². The van der Waals surface area contributed by atoms with E-state index in [1.165, 1.54) is 19.3 Å². The first-order chi connectivity index (χ1) is 12.2. The Morgan fingerprint density at radius 1 is 1.24 bits per heavy atom. The van der Waals surface area contributed by atoms with Crippen LogP contribution in [0.15, 0.2) is 41.9 Å². The second kappa shape index (κ2) is 7.00. The molecule has 0 N–H and O–H groups in total. The van der Waals surface area contributed by atoms with E-state index in [0.717, 1.165) is 34.8 Å². The van der Waals surface area contributed by atoms with Crippen LogP contribution in [0.1, 0.15) is 37.8 Å². The molecule has 1 aliphatic carbocycles. The Kier molecular flexibility index (Phi) is 4.57. The van der Waals surface area contributed by atoms with Crippen LogP contribution in [0.2, 0.25) is 0 Å². The van der Waals surface area contributed by atoms with E-state index in [0.29, 0.717) is 12.5 Å². The Bertz CT molecular complexity index is 862. The van der Waals surface area contributed by atoms with Gasteiger partial charge in [-0.05, 0) is 12.8 Å². The molecule has 5 heteroatoms. The van der Waals surface area contributed by atoms with Gasteiger partial charge in [0.15, 0.2) is 4.96 Å². The van der Waals surface area contributed by atoms with E-state index in [-0.39, 0.29) is 5.91 Å². The number of amides is 1. The minimum Gasteiger partial charge on any atom is -0.342 e. The number of nitrogens with zero attached hydrogens (tertiary/aromatic N) is 3. The predicted molar refractivity (Wildman–Crippen MR) is 102 cm³/mol. The van der Waals surface area contributed by atoms with Crippen molar-refractivity contribution >= 4 is 22.2 Å². The molecule has 1 fully saturated rings. The molecule has 1 aliphatic rings. The van der Waals surface area contributed by atoms with Crippen molar-refractivity contribution in [3.05, 3.63) is 47.6 Å². The molecule has 4 rings (SSSR count). The van der Waals surface area contributed by atoms with E-state index in [9.17, 15) is 4.79 Å². The first-order valence-corrected chi connectivity index (χ1v) is 9.87. The minimum absolute atomic E-state index is 0.210. The maximum absolute atomic E-state index is 12.7. The molecule has 3 aromatic rings. The third-order valence-electron chi connectivity index (χ3n) is 5.20. The lowest BCUT2D eigenvalue weighted by molar-refractivity contribution is -0.131. The van der Waals surface area contributed by atoms with Crippen LogP contribution < -0.4 is 0 Å². The maximum Gasteiger partial charge on any atom is 0.228 e. The lowest BCUT2D eigenvalue weighted by Crippen LogP contribution is -2.39. The van der Waals surface area contributed by atoms with Crippen molar-refractivity contribution in [2.75, 3.05) is 7.05 Å². The molecule has 0 radical (unpaired) electrons. The fraction of sp³-hybridized carbons (Fsp3) is 0.400. The molecule has 1 amide bonds. The van der Waals surface area contributed by atoms with Crippen LogP contribution >= 0.6 is 11.3 Å². The topological polar surface area (TPSA) is 37.6 Å². The molecule has 0 aliphatic heterocycles. The number of hydrogen-bond donors (Lipinski definition) is 0. The largest absolute Gasteiger partial charge is 0.342 e. The second-order valence-electron chi connectivity index (χ2n) is 6.85. The fourth-order valence-electron chi connectivity index (χ4n) is 3.66. The van der Waals surface area contributed by atoms with Crippen molar-refractivity contribution in [1.29, 1.82) is 0 Å². The quantitative estimate of drug-likeness (QED) is 0.697. The third-order valence-corrected chi connectivity index (χ3v) is 6.09. The van der Waals surface area contributed by atoms with Crippen LogP contribution in [0.4, 0.5) is 0 Å². The standard InChI is InChI=1S/C20H23N3OS/c1-22(16-10-6-3-7-11-16)19(24)12-17-14-25-20-21-18(13-23(17)20)15-8-4-2-5-9-15/h2,4-5,8-9,13-14,16H,3,6-7,10-12H2,1H3. The first-order valence-electron chi connectivity index (χ1n) is 8.99. The molecule has 2 heterocycles. The lowest BCUT2D eigenvalue weighted by Gasteiger charge is -2.31. The Labute approximate surface area is 152 Å². The van der Waals surface area contributed by atoms with Gasteiger partial charge in [-0.2, -0.15) is 0 Å². The highest BCUT2D eigenvalue weighted by atomic mass is 32.1. The van der Waals surface area contributed by atoms with Gasteiger partial charge in [0.2, 0.25) is 5.91 Å². The number of imidazole rings is 1. The number of aromatic nitrogens is 2. The monoisotopic (exact) mass is 353 g/mol. The van der Waals surface area contributed by atoms with Gasteiger partial charge < -0.3 is 4.90 Å². The minimum atomic E-state index is 0.210. The molecule has 1 saturated carbocycles. The molecule has 0 saturated heterocycles. The summed E-state index contributed by atoms with van der Waals surface area (Å²) in [6.45, 7) is 0. The molecular weight excluding hydrogens is 330 g/mol. The second-order valence-corrected chi connectivity index (χ2v) is 7.68. The molecule has 0 spiro atoms. The highest BCUT2D eigenvalue weighted by molar-refractivity contribution is 7.15. The number of rotatable bonds is 4. The van der Waals surface area contributed by atoms with Gasteiger partial charge in [-0.25, -0.2) is 4.98 Å². The Morgan fingerprint density at radius 2 is 2.00 bits per heavy atom. The molecule has 1 aromatic carbocycles. The van der Waals surface area contributed by atoms with Crippen LogP contribution in [0, 0.1) is 0 Å². The average molecular weight is 353 g/mol. The Balaban J connectivity index is 1.53. The summed E-state index contributed by atoms with van der Waals surface area (Å²) in [6, 6.07) is 10.6. The van der Waals surface area contributed by atoms with Gasteiger partial charge in [-0.15, -0.1) is 11.3 Å². The van der Waals surface area contributed by atoms with Gasteiger partial charge in [0, 0.05) is 35.9 Å². The molecule has 0 unspecified atom stereocenters. The van der Waals surface area contributed by atoms with E-state index >= 15 is 0 Å². The zero-order valence-electron chi connectivity index (χ0n) is 14.5. The maximum atomic E-state index is 12.7. The van der Waals surface area contributed by atoms with Gasteiger partial charge in [0.25, 0.3) is 0 Å². The van der Waals surface area contributed by atoms with Gasteiger partial charge >= 0.3 is 0 Å². The predicted octanol–water partition coefficient (Wildman–Crippen LogP) is 4.40. The fourth-order valence-corrected chi connectivity index (χ4v) is 4.53. The average Bonchev–Trinajstić information content (AvgIpc) is 3.24. The normalized spacial score (nSPS) is 15.6. The molecule has 0 bridgehead atoms. The van der Waals surface area contributed by atoms with Crippen LogP contribution in [0.5, 0.6) is 0 Å². The summed E-state index contributed by atoms with van der Waals surface area (Å²) in [6.07, 6.45) is 8.57. The number of likely N-dealkylation sites (N-methyl/N-ethyl adjacent to an activating group) is 1. The Hall–Kier alpha value is -2.14. The van der Waals surface area contributed by atoms with Crippen molar-refractivity contribution in [2.45, 2.75) is 44.6 Å². The van der Waals surface area contributed by atoms with Crippen LogP contribution in [-0.4, -0.2) is 33.3 Å². The molecule has 4 nitrogen and oxygen atoms in total. The first kappa shape index (κ1) is 16.3. The van der Waals surface area contributed by atoms with Crippen molar-refractivity contribution in [2.24, 2.45) is 0 Å². The van der Waals surface area contributed by atoms with Crippen LogP contribution in [0.3, 0.4) is 0 Å². The van der Waals surface area contributed by atoms with Crippen molar-refractivity contribution in [3.63, 3.8) is 0 Å². The van der Waals surface area contributed by atoms with E-state index in [1.807, 2.05) is 36.3 Å². The van der Waals surface area contributed by atoms with Gasteiger partial charge in [0.05, 0.1) is 12.1 Å². The van der Waals surface area contributed by atoms with E-state index in [1.54, 1.807) is 11.3 Å². The smallest absolute Gasteiger partial charge is 0.228 e. The molecule has 25 heavy (non-hydrogen) atoms. The SMILES string of the molecule is CN(C(=O)Cc1csc2nc(-c3ccccc3)cn12)C1CCCCC1. The van der Waals surface area contributed by atoms with Crippen LogP contribution in [0.25, 0.3) is 16.2 Å². The van der Waals surface area contributed by atoms with E-state index in [4.69, 9.17) is 4.98 Å². The number of benzene rings is 1. The number of thiazole rings is 1. The van der Waals surface area contributed by atoms with Gasteiger partial charge in [-0.3, -0.25) is 9.20 Å². The van der Waals surface area contributed by atoms with Crippen molar-refractivity contribution < 1.29 is 4.79 Å². The number of carbonyl (C=O) groups excluding carboxylic acids is 1. The summed E-state index contributed by atoms with van der Waals surface area (Å²) in [5.74, 6) is 0.210. The Morgan fingerprint density at radius 3 is 2.76 bits per heavy atom. The lowest BCUT2D eigenvalue weighted by atomic mass is 9.94. The van der Waals surface area contributed by atoms with Gasteiger partial charge in [-0.1, -0.05) is 49.6 Å². The van der Waals surface area contributed by atoms with Crippen molar-refractivity contribution in [1.82, 2.24) is 14.3 Å². The highest BCUT2D eigenvalue weighted by Gasteiger charge is 2.23. The van der Waals surface area contributed by atoms with E-state index < -0.39 is 0 Å². The molecule has 0 atom stereocenters. The molecule has 130 valence electrons. The zero-order valence-corrected chi connectivity index (χ0v) is 15.3. The summed E-state index contributed by atoms with van der Waals surface area (Å²) in [7, 11) is 1.96. The van der Waals surface area contributed by atoms with E-state index in [2.05, 4.69) is 21.9 Å². The summed E-state index contributed by atoms with van der Waals surface area (Å²) in [4.78, 5) is 20.3. The summed E-state index contributed by atoms with van der Waals surface area (Å²) >= 11 is 1.60. The third kappa shape index (κ3) is 3.33. The van der Waals surface area contributed by atoms with Crippen molar-refractivity contribution in [3.8, 4) is 11.3 Å². The molecular formula is C20H23N3OS. The zero-order chi connectivity index (χ0) is 17.2. The highest BCUT2D eigenvalue weighted by Crippen LogP contribution is 2.25. The van der Waals surface area contributed by atoms with Gasteiger partial charge in [0.1, 0.15) is 0 Å². The number of fused-ring (bicyclic) bond motifs is 1. The number of carbonyl (C=O) groups is 1. The summed E-state index contributed by atoms with van der Waals surface area (Å²) < 4.78 is 2.07. The molecule has 2 aromatic heterocycles. The summed E-state index contributed by atoms with van der Waals surface area (Å²) in [5, 5.41) is 2.06.